The van der Waals surface area contributed by atoms with Crippen molar-refractivity contribution in [3.8, 4) is 22.6 Å². The summed E-state index contributed by atoms with van der Waals surface area (Å²) in [7, 11) is 1.45. The molecule has 0 fully saturated rings. The third-order valence-electron chi connectivity index (χ3n) is 2.78. The molecular weight excluding hydrogens is 266 g/mol. The predicted molar refractivity (Wildman–Crippen MR) is 71.0 cm³/mol. The van der Waals surface area contributed by atoms with Crippen LogP contribution in [0.5, 0.6) is 11.5 Å². The lowest BCUT2D eigenvalue weighted by molar-refractivity contribution is -0.0498. The number of aliphatic hydroxyl groups excluding tert-OH is 1. The van der Waals surface area contributed by atoms with E-state index in [1.54, 1.807) is 24.3 Å². The van der Waals surface area contributed by atoms with E-state index in [1.165, 1.54) is 19.2 Å². The molecule has 0 radical (unpaired) electrons. The number of benzene rings is 2. The van der Waals surface area contributed by atoms with Gasteiger partial charge in [-0.15, -0.1) is 0 Å². The van der Waals surface area contributed by atoms with E-state index in [9.17, 15) is 8.78 Å². The smallest absolute Gasteiger partial charge is 0.387 e. The Morgan fingerprint density at radius 2 is 1.80 bits per heavy atom. The van der Waals surface area contributed by atoms with Gasteiger partial charge in [-0.25, -0.2) is 0 Å². The number of halogens is 2. The summed E-state index contributed by atoms with van der Waals surface area (Å²) in [5, 5.41) is 9.13. The van der Waals surface area contributed by atoms with E-state index >= 15 is 0 Å². The van der Waals surface area contributed by atoms with Crippen LogP contribution in [-0.2, 0) is 6.61 Å². The lowest BCUT2D eigenvalue weighted by Gasteiger charge is -2.11. The molecule has 0 bridgehead atoms. The van der Waals surface area contributed by atoms with Gasteiger partial charge in [-0.3, -0.25) is 0 Å². The molecule has 2 aromatic rings. The van der Waals surface area contributed by atoms with Crippen LogP contribution in [0.15, 0.2) is 42.5 Å². The van der Waals surface area contributed by atoms with Gasteiger partial charge >= 0.3 is 6.61 Å². The van der Waals surface area contributed by atoms with Gasteiger partial charge in [0.2, 0.25) is 0 Å². The summed E-state index contributed by atoms with van der Waals surface area (Å²) in [5.74, 6) is 0.455. The molecular formula is C15H14F2O3. The number of rotatable bonds is 5. The van der Waals surface area contributed by atoms with E-state index in [4.69, 9.17) is 9.84 Å². The van der Waals surface area contributed by atoms with Crippen LogP contribution in [0.1, 0.15) is 5.56 Å². The van der Waals surface area contributed by atoms with Gasteiger partial charge in [0.15, 0.2) is 0 Å². The van der Waals surface area contributed by atoms with E-state index in [0.717, 1.165) is 11.1 Å². The van der Waals surface area contributed by atoms with Crippen LogP contribution in [0.2, 0.25) is 0 Å². The molecule has 0 amide bonds. The van der Waals surface area contributed by atoms with Crippen LogP contribution in [-0.4, -0.2) is 18.8 Å². The first-order valence-corrected chi connectivity index (χ1v) is 5.96. The summed E-state index contributed by atoms with van der Waals surface area (Å²) in [6, 6.07) is 11.8. The molecule has 2 rings (SSSR count). The second kappa shape index (κ2) is 6.34. The van der Waals surface area contributed by atoms with Gasteiger partial charge in [0, 0.05) is 6.07 Å². The summed E-state index contributed by atoms with van der Waals surface area (Å²) < 4.78 is 34.1. The van der Waals surface area contributed by atoms with Gasteiger partial charge in [-0.05, 0) is 34.9 Å². The fourth-order valence-electron chi connectivity index (χ4n) is 1.88. The highest BCUT2D eigenvalue weighted by Crippen LogP contribution is 2.31. The van der Waals surface area contributed by atoms with Crippen molar-refractivity contribution in [2.75, 3.05) is 7.11 Å². The summed E-state index contributed by atoms with van der Waals surface area (Å²) >= 11 is 0. The Kier molecular flexibility index (Phi) is 4.53. The van der Waals surface area contributed by atoms with E-state index in [1.807, 2.05) is 6.07 Å². The minimum atomic E-state index is -2.89. The summed E-state index contributed by atoms with van der Waals surface area (Å²) in [4.78, 5) is 0. The number of aliphatic hydroxyl groups is 1. The molecule has 0 unspecified atom stereocenters. The van der Waals surface area contributed by atoms with Crippen molar-refractivity contribution in [1.82, 2.24) is 0 Å². The van der Waals surface area contributed by atoms with Crippen LogP contribution >= 0.6 is 0 Å². The molecule has 0 heterocycles. The average molecular weight is 280 g/mol. The van der Waals surface area contributed by atoms with Crippen LogP contribution in [0.4, 0.5) is 8.78 Å². The zero-order chi connectivity index (χ0) is 14.5. The first-order chi connectivity index (χ1) is 9.62. The first kappa shape index (κ1) is 14.3. The van der Waals surface area contributed by atoms with Crippen molar-refractivity contribution < 1.29 is 23.4 Å². The Labute approximate surface area is 115 Å². The van der Waals surface area contributed by atoms with Gasteiger partial charge in [-0.2, -0.15) is 8.78 Å². The molecule has 0 saturated carbocycles. The largest absolute Gasteiger partial charge is 0.497 e. The summed E-state index contributed by atoms with van der Waals surface area (Å²) in [5.41, 5.74) is 2.20. The van der Waals surface area contributed by atoms with Gasteiger partial charge in [0.1, 0.15) is 11.5 Å². The second-order valence-corrected chi connectivity index (χ2v) is 4.13. The molecule has 5 heteroatoms. The van der Waals surface area contributed by atoms with Crippen molar-refractivity contribution in [3.05, 3.63) is 48.0 Å². The molecule has 0 atom stereocenters. The number of methoxy groups -OCH3 is 1. The molecule has 106 valence electrons. The van der Waals surface area contributed by atoms with Gasteiger partial charge < -0.3 is 14.6 Å². The Bertz CT molecular complexity index is 585. The normalized spacial score (nSPS) is 10.7. The zero-order valence-corrected chi connectivity index (χ0v) is 10.8. The van der Waals surface area contributed by atoms with Crippen molar-refractivity contribution in [1.29, 1.82) is 0 Å². The Morgan fingerprint density at radius 1 is 1.05 bits per heavy atom. The van der Waals surface area contributed by atoms with E-state index in [0.29, 0.717) is 11.3 Å². The summed E-state index contributed by atoms with van der Waals surface area (Å²) in [6.45, 7) is -2.98. The van der Waals surface area contributed by atoms with Gasteiger partial charge in [-0.1, -0.05) is 18.2 Å². The van der Waals surface area contributed by atoms with Crippen molar-refractivity contribution in [2.24, 2.45) is 0 Å². The fraction of sp³-hybridized carbons (Fsp3) is 0.200. The highest BCUT2D eigenvalue weighted by molar-refractivity contribution is 5.67. The maximum Gasteiger partial charge on any atom is 0.387 e. The monoisotopic (exact) mass is 280 g/mol. The van der Waals surface area contributed by atoms with E-state index in [-0.39, 0.29) is 12.4 Å². The van der Waals surface area contributed by atoms with Gasteiger partial charge in [0.05, 0.1) is 13.7 Å². The topological polar surface area (TPSA) is 38.7 Å². The minimum Gasteiger partial charge on any atom is -0.497 e. The van der Waals surface area contributed by atoms with Crippen LogP contribution < -0.4 is 9.47 Å². The highest BCUT2D eigenvalue weighted by Gasteiger charge is 2.09. The summed E-state index contributed by atoms with van der Waals surface area (Å²) in [6.07, 6.45) is 0. The molecule has 0 aliphatic rings. The van der Waals surface area contributed by atoms with Crippen molar-refractivity contribution >= 4 is 0 Å². The zero-order valence-electron chi connectivity index (χ0n) is 10.8. The Hall–Kier alpha value is -2.14. The predicted octanol–water partition coefficient (Wildman–Crippen LogP) is 3.46. The van der Waals surface area contributed by atoms with Crippen LogP contribution in [0.25, 0.3) is 11.1 Å². The molecule has 0 aliphatic carbocycles. The molecule has 20 heavy (non-hydrogen) atoms. The lowest BCUT2D eigenvalue weighted by Crippen LogP contribution is -2.02. The quantitative estimate of drug-likeness (QED) is 0.911. The van der Waals surface area contributed by atoms with Crippen LogP contribution in [0, 0.1) is 0 Å². The third-order valence-corrected chi connectivity index (χ3v) is 2.78. The molecule has 3 nitrogen and oxygen atoms in total. The molecule has 0 aliphatic heterocycles. The highest BCUT2D eigenvalue weighted by atomic mass is 19.3. The molecule has 0 spiro atoms. The van der Waals surface area contributed by atoms with Crippen molar-refractivity contribution in [3.63, 3.8) is 0 Å². The number of ether oxygens (including phenoxy) is 2. The average Bonchev–Trinajstić information content (AvgIpc) is 2.46. The molecule has 1 N–H and O–H groups in total. The standard InChI is InChI=1S/C15H14F2O3/c1-19-13-6-12(7-14(8-13)20-15(16)17)11-4-2-3-10(5-11)9-18/h2-8,15,18H,9H2,1H3. The molecule has 0 saturated heterocycles. The number of hydrogen-bond acceptors (Lipinski definition) is 3. The van der Waals surface area contributed by atoms with Crippen LogP contribution in [0.3, 0.4) is 0 Å². The number of hydrogen-bond donors (Lipinski definition) is 1. The lowest BCUT2D eigenvalue weighted by atomic mass is 10.0. The molecule has 2 aromatic carbocycles. The fourth-order valence-corrected chi connectivity index (χ4v) is 1.88. The SMILES string of the molecule is COc1cc(OC(F)F)cc(-c2cccc(CO)c2)c1. The molecule has 0 aromatic heterocycles. The minimum absolute atomic E-state index is 0.0313. The number of alkyl halides is 2. The van der Waals surface area contributed by atoms with E-state index in [2.05, 4.69) is 4.74 Å². The van der Waals surface area contributed by atoms with E-state index < -0.39 is 6.61 Å². The second-order valence-electron chi connectivity index (χ2n) is 4.13. The maximum absolute atomic E-state index is 12.3. The maximum atomic E-state index is 12.3. The Balaban J connectivity index is 2.43. The van der Waals surface area contributed by atoms with Crippen molar-refractivity contribution in [2.45, 2.75) is 13.2 Å². The van der Waals surface area contributed by atoms with Gasteiger partial charge in [0.25, 0.3) is 0 Å². The Morgan fingerprint density at radius 3 is 2.45 bits per heavy atom. The third kappa shape index (κ3) is 3.45. The first-order valence-electron chi connectivity index (χ1n) is 5.96.